The highest BCUT2D eigenvalue weighted by Gasteiger charge is 2.31. The van der Waals surface area contributed by atoms with Gasteiger partial charge in [-0.1, -0.05) is 6.07 Å². The second-order valence-electron chi connectivity index (χ2n) is 7.10. The van der Waals surface area contributed by atoms with Gasteiger partial charge in [-0.15, -0.1) is 0 Å². The molecule has 1 heterocycles. The number of pyridine rings is 1. The van der Waals surface area contributed by atoms with Crippen molar-refractivity contribution in [3.05, 3.63) is 70.4 Å². The van der Waals surface area contributed by atoms with Gasteiger partial charge in [-0.25, -0.2) is 9.78 Å². The van der Waals surface area contributed by atoms with Crippen LogP contribution in [0.4, 0.5) is 13.2 Å². The fourth-order valence-corrected chi connectivity index (χ4v) is 3.63. The monoisotopic (exact) mass is 415 g/mol. The Bertz CT molecular complexity index is 1110. The molecule has 0 atom stereocenters. The van der Waals surface area contributed by atoms with E-state index in [4.69, 9.17) is 4.74 Å². The van der Waals surface area contributed by atoms with E-state index >= 15 is 0 Å². The van der Waals surface area contributed by atoms with Crippen LogP contribution in [0, 0.1) is 20.8 Å². The summed E-state index contributed by atoms with van der Waals surface area (Å²) in [5, 5.41) is 9.26. The number of aryl methyl sites for hydroxylation is 3. The van der Waals surface area contributed by atoms with Gasteiger partial charge < -0.3 is 9.84 Å². The minimum Gasteiger partial charge on any atom is -0.481 e. The molecular formula is C23H20F3NO3. The van der Waals surface area contributed by atoms with Gasteiger partial charge in [-0.05, 0) is 78.9 Å². The van der Waals surface area contributed by atoms with E-state index in [1.165, 1.54) is 13.2 Å². The van der Waals surface area contributed by atoms with Gasteiger partial charge in [0.05, 0.1) is 18.2 Å². The first-order valence-corrected chi connectivity index (χ1v) is 9.10. The molecule has 0 aliphatic heterocycles. The van der Waals surface area contributed by atoms with Crippen LogP contribution in [-0.4, -0.2) is 23.2 Å². The van der Waals surface area contributed by atoms with Crippen molar-refractivity contribution in [1.29, 1.82) is 0 Å². The number of ether oxygens (including phenoxy) is 1. The van der Waals surface area contributed by atoms with E-state index in [0.29, 0.717) is 22.6 Å². The Labute approximate surface area is 172 Å². The smallest absolute Gasteiger partial charge is 0.416 e. The third-order valence-electron chi connectivity index (χ3n) is 4.96. The van der Waals surface area contributed by atoms with Crippen molar-refractivity contribution in [2.45, 2.75) is 26.9 Å². The molecule has 3 aromatic rings. The van der Waals surface area contributed by atoms with Crippen LogP contribution in [0.3, 0.4) is 0 Å². The van der Waals surface area contributed by atoms with Gasteiger partial charge in [0.1, 0.15) is 0 Å². The molecule has 0 aliphatic carbocycles. The molecule has 4 nitrogen and oxygen atoms in total. The second kappa shape index (κ2) is 7.82. The molecule has 0 aliphatic rings. The molecule has 1 N–H and O–H groups in total. The number of aromatic nitrogens is 1. The first kappa shape index (κ1) is 21.4. The lowest BCUT2D eigenvalue weighted by Crippen LogP contribution is -2.05. The number of carboxylic acid groups (broad SMARTS) is 1. The van der Waals surface area contributed by atoms with Crippen LogP contribution in [0.25, 0.3) is 22.3 Å². The molecule has 0 unspecified atom stereocenters. The highest BCUT2D eigenvalue weighted by Crippen LogP contribution is 2.38. The Morgan fingerprint density at radius 2 is 1.60 bits per heavy atom. The molecule has 0 spiro atoms. The zero-order chi connectivity index (χ0) is 22.2. The number of hydrogen-bond donors (Lipinski definition) is 1. The average molecular weight is 415 g/mol. The summed E-state index contributed by atoms with van der Waals surface area (Å²) in [6, 6.07) is 8.51. The van der Waals surface area contributed by atoms with Gasteiger partial charge in [0.2, 0.25) is 5.88 Å². The number of methoxy groups -OCH3 is 1. The predicted molar refractivity (Wildman–Crippen MR) is 108 cm³/mol. The summed E-state index contributed by atoms with van der Waals surface area (Å²) in [4.78, 5) is 15.6. The van der Waals surface area contributed by atoms with Crippen molar-refractivity contribution in [2.24, 2.45) is 0 Å². The number of halogens is 3. The Morgan fingerprint density at radius 1 is 0.967 bits per heavy atom. The van der Waals surface area contributed by atoms with Crippen LogP contribution in [0.15, 0.2) is 42.6 Å². The van der Waals surface area contributed by atoms with Crippen LogP contribution in [0.1, 0.15) is 32.6 Å². The van der Waals surface area contributed by atoms with E-state index in [-0.39, 0.29) is 5.56 Å². The maximum atomic E-state index is 13.0. The second-order valence-corrected chi connectivity index (χ2v) is 7.10. The van der Waals surface area contributed by atoms with Crippen molar-refractivity contribution in [1.82, 2.24) is 4.98 Å². The molecule has 7 heteroatoms. The Hall–Kier alpha value is -3.35. The number of hydrogen-bond acceptors (Lipinski definition) is 3. The molecular weight excluding hydrogens is 395 g/mol. The molecule has 3 rings (SSSR count). The summed E-state index contributed by atoms with van der Waals surface area (Å²) in [6.45, 7) is 5.22. The first-order valence-electron chi connectivity index (χ1n) is 9.10. The van der Waals surface area contributed by atoms with E-state index < -0.39 is 17.7 Å². The Morgan fingerprint density at radius 3 is 2.10 bits per heavy atom. The van der Waals surface area contributed by atoms with Crippen molar-refractivity contribution in [3.63, 3.8) is 0 Å². The zero-order valence-corrected chi connectivity index (χ0v) is 16.9. The standard InChI is InChI=1S/C23H20F3NO3/c1-12-9-17(23(24,25)26)5-6-18(12)19-10-16(11-27-21(19)30-4)20-13(2)7-15(22(28)29)8-14(20)3/h5-11H,1-4H3,(H,28,29). The van der Waals surface area contributed by atoms with Crippen LogP contribution in [0.5, 0.6) is 5.88 Å². The van der Waals surface area contributed by atoms with Gasteiger partial charge in [0.25, 0.3) is 0 Å². The quantitative estimate of drug-likeness (QED) is 0.562. The van der Waals surface area contributed by atoms with Crippen molar-refractivity contribution < 1.29 is 27.8 Å². The maximum Gasteiger partial charge on any atom is 0.416 e. The number of carbonyl (C=O) groups is 1. The van der Waals surface area contributed by atoms with Crippen LogP contribution in [0.2, 0.25) is 0 Å². The maximum absolute atomic E-state index is 13.0. The summed E-state index contributed by atoms with van der Waals surface area (Å²) in [5.41, 5.74) is 4.10. The Kier molecular flexibility index (Phi) is 5.57. The number of aromatic carboxylic acids is 1. The SMILES string of the molecule is COc1ncc(-c2c(C)cc(C(=O)O)cc2C)cc1-c1ccc(C(F)(F)F)cc1C. The number of benzene rings is 2. The average Bonchev–Trinajstić information content (AvgIpc) is 2.66. The minimum atomic E-state index is -4.42. The van der Waals surface area contributed by atoms with E-state index in [2.05, 4.69) is 4.98 Å². The number of alkyl halides is 3. The third-order valence-corrected chi connectivity index (χ3v) is 4.96. The summed E-state index contributed by atoms with van der Waals surface area (Å²) in [7, 11) is 1.45. The van der Waals surface area contributed by atoms with Crippen molar-refractivity contribution >= 4 is 5.97 Å². The van der Waals surface area contributed by atoms with E-state index in [0.717, 1.165) is 34.4 Å². The highest BCUT2D eigenvalue weighted by atomic mass is 19.4. The number of nitrogens with zero attached hydrogens (tertiary/aromatic N) is 1. The third kappa shape index (κ3) is 4.01. The van der Waals surface area contributed by atoms with Crippen molar-refractivity contribution in [2.75, 3.05) is 7.11 Å². The van der Waals surface area contributed by atoms with Crippen LogP contribution < -0.4 is 4.74 Å². The highest BCUT2D eigenvalue weighted by molar-refractivity contribution is 5.90. The Balaban J connectivity index is 2.18. The number of rotatable bonds is 4. The molecule has 0 fully saturated rings. The van der Waals surface area contributed by atoms with Crippen LogP contribution >= 0.6 is 0 Å². The zero-order valence-electron chi connectivity index (χ0n) is 16.9. The first-order chi connectivity index (χ1) is 14.0. The lowest BCUT2D eigenvalue weighted by Gasteiger charge is -2.16. The van der Waals surface area contributed by atoms with E-state index in [9.17, 15) is 23.1 Å². The molecule has 0 saturated carbocycles. The summed E-state index contributed by atoms with van der Waals surface area (Å²) < 4.78 is 44.4. The van der Waals surface area contributed by atoms with Gasteiger partial charge >= 0.3 is 12.1 Å². The normalized spacial score (nSPS) is 11.4. The van der Waals surface area contributed by atoms with Gasteiger partial charge in [-0.2, -0.15) is 13.2 Å². The fourth-order valence-electron chi connectivity index (χ4n) is 3.63. The lowest BCUT2D eigenvalue weighted by atomic mass is 9.92. The van der Waals surface area contributed by atoms with E-state index in [1.807, 2.05) is 13.8 Å². The lowest BCUT2D eigenvalue weighted by molar-refractivity contribution is -0.137. The van der Waals surface area contributed by atoms with Gasteiger partial charge in [0.15, 0.2) is 0 Å². The molecule has 1 aromatic heterocycles. The largest absolute Gasteiger partial charge is 0.481 e. The van der Waals surface area contributed by atoms with Crippen LogP contribution in [-0.2, 0) is 6.18 Å². The molecule has 30 heavy (non-hydrogen) atoms. The molecule has 2 aromatic carbocycles. The van der Waals surface area contributed by atoms with Gasteiger partial charge in [-0.3, -0.25) is 0 Å². The minimum absolute atomic E-state index is 0.189. The molecule has 0 radical (unpaired) electrons. The number of carboxylic acids is 1. The predicted octanol–water partition coefficient (Wildman–Crippen LogP) is 6.07. The summed E-state index contributed by atoms with van der Waals surface area (Å²) in [6.07, 6.45) is -2.81. The van der Waals surface area contributed by atoms with Crippen molar-refractivity contribution in [3.8, 4) is 28.1 Å². The molecule has 0 bridgehead atoms. The molecule has 0 saturated heterocycles. The fraction of sp³-hybridized carbons (Fsp3) is 0.217. The molecule has 156 valence electrons. The summed E-state index contributed by atoms with van der Waals surface area (Å²) >= 11 is 0. The summed E-state index contributed by atoms with van der Waals surface area (Å²) in [5.74, 6) is -0.722. The van der Waals surface area contributed by atoms with E-state index in [1.54, 1.807) is 31.3 Å². The molecule has 0 amide bonds. The topological polar surface area (TPSA) is 59.4 Å². The van der Waals surface area contributed by atoms with Gasteiger partial charge in [0, 0.05) is 17.3 Å².